The van der Waals surface area contributed by atoms with Crippen molar-refractivity contribution in [1.29, 1.82) is 0 Å². The van der Waals surface area contributed by atoms with E-state index in [1.165, 1.54) is 6.07 Å². The summed E-state index contributed by atoms with van der Waals surface area (Å²) in [6, 6.07) is 15.5. The van der Waals surface area contributed by atoms with Crippen LogP contribution in [-0.4, -0.2) is 12.0 Å². The van der Waals surface area contributed by atoms with Crippen molar-refractivity contribution in [2.24, 2.45) is 0 Å². The first kappa shape index (κ1) is 13.7. The minimum Gasteiger partial charge on any atom is -0.316 e. The molecule has 0 amide bonds. The highest BCUT2D eigenvalue weighted by molar-refractivity contribution is 5.84. The Bertz CT molecular complexity index is 796. The number of benzene rings is 2. The molecule has 106 valence electrons. The monoisotopic (exact) mass is 280 g/mol. The third-order valence-corrected chi connectivity index (χ3v) is 3.57. The smallest absolute Gasteiger partial charge is 0.127 e. The molecule has 3 heteroatoms. The Hall–Kier alpha value is -2.26. The minimum absolute atomic E-state index is 0.175. The lowest BCUT2D eigenvalue weighted by Gasteiger charge is -2.08. The summed E-state index contributed by atoms with van der Waals surface area (Å²) in [5.41, 5.74) is 4.76. The number of pyridine rings is 1. The van der Waals surface area contributed by atoms with Gasteiger partial charge in [0.2, 0.25) is 0 Å². The Labute approximate surface area is 123 Å². The highest BCUT2D eigenvalue weighted by Crippen LogP contribution is 2.25. The number of hydrogen-bond donors (Lipinski definition) is 1. The van der Waals surface area contributed by atoms with Crippen LogP contribution in [0.2, 0.25) is 0 Å². The maximum Gasteiger partial charge on any atom is 0.127 e. The lowest BCUT2D eigenvalue weighted by Crippen LogP contribution is -2.07. The largest absolute Gasteiger partial charge is 0.316 e. The summed E-state index contributed by atoms with van der Waals surface area (Å²) in [6.07, 6.45) is 0. The number of rotatable bonds is 3. The second-order valence-electron chi connectivity index (χ2n) is 5.20. The lowest BCUT2D eigenvalue weighted by atomic mass is 10.0. The van der Waals surface area contributed by atoms with Gasteiger partial charge in [0.05, 0.1) is 5.52 Å². The first-order valence-corrected chi connectivity index (χ1v) is 6.98. The van der Waals surface area contributed by atoms with Crippen molar-refractivity contribution in [3.8, 4) is 11.1 Å². The van der Waals surface area contributed by atoms with Crippen LogP contribution in [0.1, 0.15) is 11.3 Å². The fraction of sp³-hybridized carbons (Fsp3) is 0.167. The number of fused-ring (bicyclic) bond motifs is 1. The Kier molecular flexibility index (Phi) is 3.67. The number of aromatic nitrogens is 1. The molecule has 3 rings (SSSR count). The van der Waals surface area contributed by atoms with E-state index in [4.69, 9.17) is 0 Å². The minimum atomic E-state index is -0.175. The van der Waals surface area contributed by atoms with E-state index < -0.39 is 0 Å². The van der Waals surface area contributed by atoms with Crippen LogP contribution in [0.3, 0.4) is 0 Å². The fourth-order valence-corrected chi connectivity index (χ4v) is 2.49. The van der Waals surface area contributed by atoms with Gasteiger partial charge in [0, 0.05) is 23.2 Å². The zero-order valence-electron chi connectivity index (χ0n) is 12.2. The van der Waals surface area contributed by atoms with Gasteiger partial charge >= 0.3 is 0 Å². The molecule has 0 saturated heterocycles. The standard InChI is InChI=1S/C18H17FN2/c1-12-3-4-15-9-14(6-8-18(15)21-12)13-5-7-17(19)16(10-13)11-20-2/h3-10,20H,11H2,1-2H3. The Morgan fingerprint density at radius 2 is 1.76 bits per heavy atom. The number of aryl methyl sites for hydroxylation is 1. The van der Waals surface area contributed by atoms with Crippen molar-refractivity contribution in [1.82, 2.24) is 10.3 Å². The third kappa shape index (κ3) is 2.78. The molecule has 0 atom stereocenters. The van der Waals surface area contributed by atoms with Gasteiger partial charge in [-0.15, -0.1) is 0 Å². The van der Waals surface area contributed by atoms with Gasteiger partial charge in [0.15, 0.2) is 0 Å². The van der Waals surface area contributed by atoms with E-state index in [0.29, 0.717) is 12.1 Å². The number of halogens is 1. The fourth-order valence-electron chi connectivity index (χ4n) is 2.49. The van der Waals surface area contributed by atoms with Crippen LogP contribution in [0.5, 0.6) is 0 Å². The van der Waals surface area contributed by atoms with E-state index in [9.17, 15) is 4.39 Å². The molecule has 0 unspecified atom stereocenters. The molecular formula is C18H17FN2. The van der Waals surface area contributed by atoms with Crippen molar-refractivity contribution in [2.45, 2.75) is 13.5 Å². The van der Waals surface area contributed by atoms with Crippen LogP contribution in [0.25, 0.3) is 22.0 Å². The van der Waals surface area contributed by atoms with E-state index in [0.717, 1.165) is 27.7 Å². The Morgan fingerprint density at radius 1 is 1.00 bits per heavy atom. The van der Waals surface area contributed by atoms with Crippen molar-refractivity contribution in [3.63, 3.8) is 0 Å². The molecule has 1 aromatic heterocycles. The Morgan fingerprint density at radius 3 is 2.57 bits per heavy atom. The van der Waals surface area contributed by atoms with Gasteiger partial charge in [-0.3, -0.25) is 4.98 Å². The zero-order valence-corrected chi connectivity index (χ0v) is 12.2. The van der Waals surface area contributed by atoms with E-state index >= 15 is 0 Å². The molecule has 2 aromatic carbocycles. The number of hydrogen-bond acceptors (Lipinski definition) is 2. The summed E-state index contributed by atoms with van der Waals surface area (Å²) < 4.78 is 13.7. The van der Waals surface area contributed by atoms with Crippen LogP contribution in [-0.2, 0) is 6.54 Å². The highest BCUT2D eigenvalue weighted by atomic mass is 19.1. The SMILES string of the molecule is CNCc1cc(-c2ccc3nc(C)ccc3c2)ccc1F. The normalized spacial score (nSPS) is 11.0. The third-order valence-electron chi connectivity index (χ3n) is 3.57. The van der Waals surface area contributed by atoms with Gasteiger partial charge in [0.25, 0.3) is 0 Å². The molecule has 0 aliphatic rings. The molecule has 0 radical (unpaired) electrons. The van der Waals surface area contributed by atoms with E-state index in [-0.39, 0.29) is 5.82 Å². The summed E-state index contributed by atoms with van der Waals surface area (Å²) in [5, 5.41) is 4.08. The summed E-state index contributed by atoms with van der Waals surface area (Å²) in [5.74, 6) is -0.175. The topological polar surface area (TPSA) is 24.9 Å². The van der Waals surface area contributed by atoms with Gasteiger partial charge in [-0.25, -0.2) is 4.39 Å². The maximum absolute atomic E-state index is 13.7. The highest BCUT2D eigenvalue weighted by Gasteiger charge is 2.06. The molecule has 2 nitrogen and oxygen atoms in total. The molecular weight excluding hydrogens is 263 g/mol. The molecule has 0 saturated carbocycles. The molecule has 21 heavy (non-hydrogen) atoms. The summed E-state index contributed by atoms with van der Waals surface area (Å²) in [7, 11) is 1.82. The average molecular weight is 280 g/mol. The summed E-state index contributed by atoms with van der Waals surface area (Å²) in [6.45, 7) is 2.51. The molecule has 1 heterocycles. The van der Waals surface area contributed by atoms with Gasteiger partial charge in [-0.1, -0.05) is 18.2 Å². The van der Waals surface area contributed by atoms with Gasteiger partial charge < -0.3 is 5.32 Å². The maximum atomic E-state index is 13.7. The molecule has 0 bridgehead atoms. The van der Waals surface area contributed by atoms with Crippen molar-refractivity contribution >= 4 is 10.9 Å². The predicted molar refractivity (Wildman–Crippen MR) is 84.6 cm³/mol. The van der Waals surface area contributed by atoms with Gasteiger partial charge in [0.1, 0.15) is 5.82 Å². The van der Waals surface area contributed by atoms with Gasteiger partial charge in [-0.2, -0.15) is 0 Å². The van der Waals surface area contributed by atoms with E-state index in [2.05, 4.69) is 22.4 Å². The molecule has 3 aromatic rings. The quantitative estimate of drug-likeness (QED) is 0.782. The van der Waals surface area contributed by atoms with Crippen LogP contribution in [0.15, 0.2) is 48.5 Å². The molecule has 0 aliphatic heterocycles. The molecule has 0 aliphatic carbocycles. The first-order chi connectivity index (χ1) is 10.2. The van der Waals surface area contributed by atoms with Gasteiger partial charge in [-0.05, 0) is 55.4 Å². The first-order valence-electron chi connectivity index (χ1n) is 6.98. The Balaban J connectivity index is 2.07. The number of nitrogens with one attached hydrogen (secondary N) is 1. The summed E-state index contributed by atoms with van der Waals surface area (Å²) in [4.78, 5) is 4.50. The summed E-state index contributed by atoms with van der Waals surface area (Å²) >= 11 is 0. The van der Waals surface area contributed by atoms with Crippen molar-refractivity contribution in [2.75, 3.05) is 7.05 Å². The van der Waals surface area contributed by atoms with E-state index in [1.54, 1.807) is 0 Å². The van der Waals surface area contributed by atoms with Crippen molar-refractivity contribution < 1.29 is 4.39 Å². The predicted octanol–water partition coefficient (Wildman–Crippen LogP) is 4.07. The van der Waals surface area contributed by atoms with Crippen LogP contribution in [0, 0.1) is 12.7 Å². The second kappa shape index (κ2) is 5.62. The van der Waals surface area contributed by atoms with Crippen LogP contribution < -0.4 is 5.32 Å². The zero-order chi connectivity index (χ0) is 14.8. The van der Waals surface area contributed by atoms with Crippen LogP contribution in [0.4, 0.5) is 4.39 Å². The van der Waals surface area contributed by atoms with Crippen molar-refractivity contribution in [3.05, 3.63) is 65.6 Å². The second-order valence-corrected chi connectivity index (χ2v) is 5.20. The lowest BCUT2D eigenvalue weighted by molar-refractivity contribution is 0.601. The molecule has 0 spiro atoms. The average Bonchev–Trinajstić information content (AvgIpc) is 2.49. The van der Waals surface area contributed by atoms with Crippen LogP contribution >= 0.6 is 0 Å². The molecule has 1 N–H and O–H groups in total. The molecule has 0 fully saturated rings. The van der Waals surface area contributed by atoms with E-state index in [1.807, 2.05) is 44.3 Å². The number of nitrogens with zero attached hydrogens (tertiary/aromatic N) is 1.